The number of hydrogen-bond donors (Lipinski definition) is 1. The van der Waals surface area contributed by atoms with Gasteiger partial charge in [0, 0.05) is 16.3 Å². The summed E-state index contributed by atoms with van der Waals surface area (Å²) in [7, 11) is 0. The fourth-order valence-electron chi connectivity index (χ4n) is 3.65. The Morgan fingerprint density at radius 1 is 0.967 bits per heavy atom. The summed E-state index contributed by atoms with van der Waals surface area (Å²) in [4.78, 5) is 27.5. The van der Waals surface area contributed by atoms with Gasteiger partial charge < -0.3 is 5.11 Å². The molecule has 3 aromatic carbocycles. The zero-order valence-electron chi connectivity index (χ0n) is 16.0. The number of hydrogen-bond acceptors (Lipinski definition) is 3. The maximum atomic E-state index is 13.3. The Bertz CT molecular complexity index is 1170. The van der Waals surface area contributed by atoms with Crippen molar-refractivity contribution in [1.82, 2.24) is 0 Å². The van der Waals surface area contributed by atoms with Crippen molar-refractivity contribution in [3.63, 3.8) is 0 Å². The summed E-state index contributed by atoms with van der Waals surface area (Å²) in [6.07, 6.45) is 0. The summed E-state index contributed by atoms with van der Waals surface area (Å²) < 4.78 is 13.3. The van der Waals surface area contributed by atoms with Crippen LogP contribution in [0.4, 0.5) is 10.1 Å². The minimum atomic E-state index is -0.853. The third-order valence-corrected chi connectivity index (χ3v) is 5.59. The number of aliphatic hydroxyl groups is 1. The van der Waals surface area contributed by atoms with Gasteiger partial charge in [-0.25, -0.2) is 4.39 Å². The zero-order valence-corrected chi connectivity index (χ0v) is 16.7. The van der Waals surface area contributed by atoms with E-state index in [1.54, 1.807) is 49.4 Å². The third-order valence-electron chi connectivity index (χ3n) is 5.18. The zero-order chi connectivity index (χ0) is 21.4. The lowest BCUT2D eigenvalue weighted by Crippen LogP contribution is -2.30. The van der Waals surface area contributed by atoms with E-state index in [4.69, 9.17) is 11.6 Å². The van der Waals surface area contributed by atoms with Crippen LogP contribution < -0.4 is 4.90 Å². The van der Waals surface area contributed by atoms with Crippen molar-refractivity contribution >= 4 is 34.7 Å². The van der Waals surface area contributed by atoms with Gasteiger partial charge in [0.25, 0.3) is 11.7 Å². The van der Waals surface area contributed by atoms with Crippen molar-refractivity contribution in [2.24, 2.45) is 0 Å². The van der Waals surface area contributed by atoms with Crippen molar-refractivity contribution in [2.75, 3.05) is 4.90 Å². The Balaban J connectivity index is 1.97. The molecular formula is C24H17ClFNO3. The van der Waals surface area contributed by atoms with Crippen LogP contribution >= 0.6 is 11.6 Å². The van der Waals surface area contributed by atoms with E-state index in [1.807, 2.05) is 6.07 Å². The Hall–Kier alpha value is -3.44. The van der Waals surface area contributed by atoms with E-state index in [9.17, 15) is 19.1 Å². The monoisotopic (exact) mass is 421 g/mol. The molecule has 1 N–H and O–H groups in total. The van der Waals surface area contributed by atoms with Gasteiger partial charge in [-0.3, -0.25) is 14.5 Å². The molecule has 1 atom stereocenters. The highest BCUT2D eigenvalue weighted by Crippen LogP contribution is 2.43. The molecule has 0 spiro atoms. The predicted molar refractivity (Wildman–Crippen MR) is 114 cm³/mol. The van der Waals surface area contributed by atoms with Gasteiger partial charge in [0.1, 0.15) is 11.6 Å². The smallest absolute Gasteiger partial charge is 0.300 e. The first-order valence-electron chi connectivity index (χ1n) is 9.27. The van der Waals surface area contributed by atoms with Gasteiger partial charge in [-0.1, -0.05) is 48.0 Å². The molecule has 150 valence electrons. The molecule has 1 aliphatic rings. The number of amides is 1. The average Bonchev–Trinajstić information content (AvgIpc) is 3.01. The van der Waals surface area contributed by atoms with Crippen LogP contribution in [0, 0.1) is 12.7 Å². The standard InChI is InChI=1S/C24H17ClFNO3/c1-14-18(25)8-5-9-19(14)27-21(15-6-3-2-4-7-15)20(23(29)24(27)30)22(28)16-10-12-17(26)13-11-16/h2-13,21,28H,1H3/b22-20+. The van der Waals surface area contributed by atoms with Crippen LogP contribution in [-0.2, 0) is 9.59 Å². The van der Waals surface area contributed by atoms with E-state index in [1.165, 1.54) is 29.2 Å². The molecule has 6 heteroatoms. The highest BCUT2D eigenvalue weighted by atomic mass is 35.5. The maximum Gasteiger partial charge on any atom is 0.300 e. The molecular weight excluding hydrogens is 405 g/mol. The van der Waals surface area contributed by atoms with Crippen LogP contribution in [0.5, 0.6) is 0 Å². The van der Waals surface area contributed by atoms with E-state index in [0.29, 0.717) is 21.8 Å². The van der Waals surface area contributed by atoms with Crippen LogP contribution in [-0.4, -0.2) is 16.8 Å². The lowest BCUT2D eigenvalue weighted by molar-refractivity contribution is -0.132. The third kappa shape index (κ3) is 3.27. The Labute approximate surface area is 177 Å². The van der Waals surface area contributed by atoms with Crippen LogP contribution in [0.2, 0.25) is 5.02 Å². The number of carbonyl (C=O) groups is 2. The molecule has 0 saturated carbocycles. The summed E-state index contributed by atoms with van der Waals surface area (Å²) in [5, 5.41) is 11.4. The summed E-state index contributed by atoms with van der Waals surface area (Å²) in [6.45, 7) is 1.76. The van der Waals surface area contributed by atoms with Crippen LogP contribution in [0.3, 0.4) is 0 Å². The second kappa shape index (κ2) is 7.76. The van der Waals surface area contributed by atoms with Gasteiger partial charge in [0.15, 0.2) is 0 Å². The highest BCUT2D eigenvalue weighted by Gasteiger charge is 2.47. The number of rotatable bonds is 3. The molecule has 1 heterocycles. The number of Topliss-reactive ketones (excluding diaryl/α,β-unsaturated/α-hetero) is 1. The summed E-state index contributed by atoms with van der Waals surface area (Å²) in [5.41, 5.74) is 1.97. The van der Waals surface area contributed by atoms with Crippen LogP contribution in [0.1, 0.15) is 22.7 Å². The Kier molecular flexibility index (Phi) is 5.14. The molecule has 1 amide bonds. The van der Waals surface area contributed by atoms with Gasteiger partial charge >= 0.3 is 0 Å². The molecule has 30 heavy (non-hydrogen) atoms. The molecule has 1 saturated heterocycles. The quantitative estimate of drug-likeness (QED) is 0.349. The SMILES string of the molecule is Cc1c(Cl)cccc1N1C(=O)C(=O)/C(=C(/O)c2ccc(F)cc2)C1c1ccccc1. The summed E-state index contributed by atoms with van der Waals surface area (Å²) in [6, 6.07) is 18.3. The Morgan fingerprint density at radius 2 is 1.63 bits per heavy atom. The van der Waals surface area contributed by atoms with E-state index in [-0.39, 0.29) is 16.9 Å². The first-order valence-corrected chi connectivity index (χ1v) is 9.65. The number of aliphatic hydroxyl groups excluding tert-OH is 1. The van der Waals surface area contributed by atoms with Gasteiger partial charge in [-0.15, -0.1) is 0 Å². The molecule has 1 fully saturated rings. The van der Waals surface area contributed by atoms with Crippen molar-refractivity contribution in [3.05, 3.63) is 106 Å². The fraction of sp³-hybridized carbons (Fsp3) is 0.0833. The minimum absolute atomic E-state index is 0.0582. The van der Waals surface area contributed by atoms with Crippen molar-refractivity contribution in [3.8, 4) is 0 Å². The summed E-state index contributed by atoms with van der Waals surface area (Å²) >= 11 is 6.26. The van der Waals surface area contributed by atoms with Gasteiger partial charge in [-0.05, 0) is 54.4 Å². The fourth-order valence-corrected chi connectivity index (χ4v) is 3.82. The molecule has 1 unspecified atom stereocenters. The number of carbonyl (C=O) groups excluding carboxylic acids is 2. The predicted octanol–water partition coefficient (Wildman–Crippen LogP) is 5.41. The van der Waals surface area contributed by atoms with Gasteiger partial charge in [0.2, 0.25) is 0 Å². The second-order valence-electron chi connectivity index (χ2n) is 6.97. The average molecular weight is 422 g/mol. The normalized spacial score (nSPS) is 18.1. The van der Waals surface area contributed by atoms with E-state index in [2.05, 4.69) is 0 Å². The second-order valence-corrected chi connectivity index (χ2v) is 7.38. The maximum absolute atomic E-state index is 13.3. The number of benzene rings is 3. The minimum Gasteiger partial charge on any atom is -0.507 e. The number of nitrogens with zero attached hydrogens (tertiary/aromatic N) is 1. The van der Waals surface area contributed by atoms with Crippen molar-refractivity contribution in [2.45, 2.75) is 13.0 Å². The Morgan fingerprint density at radius 3 is 2.30 bits per heavy atom. The highest BCUT2D eigenvalue weighted by molar-refractivity contribution is 6.52. The van der Waals surface area contributed by atoms with Crippen LogP contribution in [0.25, 0.3) is 5.76 Å². The molecule has 0 radical (unpaired) electrons. The van der Waals surface area contributed by atoms with E-state index >= 15 is 0 Å². The first-order chi connectivity index (χ1) is 14.4. The van der Waals surface area contributed by atoms with E-state index in [0.717, 1.165) is 0 Å². The molecule has 0 aliphatic carbocycles. The van der Waals surface area contributed by atoms with Crippen molar-refractivity contribution < 1.29 is 19.1 Å². The van der Waals surface area contributed by atoms with E-state index < -0.39 is 23.5 Å². The number of ketones is 1. The number of halogens is 2. The first kappa shape index (κ1) is 19.9. The number of anilines is 1. The largest absolute Gasteiger partial charge is 0.507 e. The molecule has 0 aromatic heterocycles. The molecule has 3 aromatic rings. The van der Waals surface area contributed by atoms with Crippen LogP contribution in [0.15, 0.2) is 78.4 Å². The van der Waals surface area contributed by atoms with Gasteiger partial charge in [0.05, 0.1) is 11.6 Å². The summed E-state index contributed by atoms with van der Waals surface area (Å²) in [5.74, 6) is -2.41. The van der Waals surface area contributed by atoms with Gasteiger partial charge in [-0.2, -0.15) is 0 Å². The molecule has 4 nitrogen and oxygen atoms in total. The lowest BCUT2D eigenvalue weighted by atomic mass is 9.95. The van der Waals surface area contributed by atoms with Crippen molar-refractivity contribution in [1.29, 1.82) is 0 Å². The lowest BCUT2D eigenvalue weighted by Gasteiger charge is -2.27. The molecule has 4 rings (SSSR count). The topological polar surface area (TPSA) is 57.6 Å². The molecule has 1 aliphatic heterocycles. The molecule has 0 bridgehead atoms.